The fourth-order valence-electron chi connectivity index (χ4n) is 4.02. The molecule has 0 saturated heterocycles. The van der Waals surface area contributed by atoms with Crippen LogP contribution in [-0.4, -0.2) is 26.8 Å². The monoisotopic (exact) mass is 467 g/mol. The quantitative estimate of drug-likeness (QED) is 0.367. The molecule has 4 rings (SSSR count). The zero-order chi connectivity index (χ0) is 24.9. The lowest BCUT2D eigenvalue weighted by Gasteiger charge is -2.18. The van der Waals surface area contributed by atoms with Gasteiger partial charge in [0.05, 0.1) is 11.9 Å². The van der Waals surface area contributed by atoms with Crippen LogP contribution in [0.5, 0.6) is 5.75 Å². The predicted octanol–water partition coefficient (Wildman–Crippen LogP) is 4.69. The van der Waals surface area contributed by atoms with Crippen molar-refractivity contribution in [2.24, 2.45) is 0 Å². The SMILES string of the molecule is CN/C=C\c1cc(-c2cccc(-n3cc(O)c(=O)cc3CC(O)c3cccc(C)n3)c2)ccc1C. The van der Waals surface area contributed by atoms with E-state index in [1.807, 2.05) is 62.6 Å². The molecule has 0 radical (unpaired) electrons. The number of hydrogen-bond acceptors (Lipinski definition) is 5. The molecule has 0 fully saturated rings. The minimum atomic E-state index is -0.896. The molecule has 2 aromatic heterocycles. The maximum Gasteiger partial charge on any atom is 0.223 e. The third-order valence-corrected chi connectivity index (χ3v) is 5.93. The van der Waals surface area contributed by atoms with Gasteiger partial charge in [0.25, 0.3) is 0 Å². The molecule has 1 unspecified atom stereocenters. The van der Waals surface area contributed by atoms with E-state index in [2.05, 4.69) is 35.4 Å². The van der Waals surface area contributed by atoms with Crippen LogP contribution in [0.4, 0.5) is 0 Å². The Balaban J connectivity index is 1.74. The van der Waals surface area contributed by atoms with E-state index in [9.17, 15) is 15.0 Å². The Kier molecular flexibility index (Phi) is 7.13. The van der Waals surface area contributed by atoms with Crippen molar-refractivity contribution in [2.75, 3.05) is 7.05 Å². The molecule has 3 N–H and O–H groups in total. The van der Waals surface area contributed by atoms with Crippen molar-refractivity contribution in [3.05, 3.63) is 118 Å². The highest BCUT2D eigenvalue weighted by Crippen LogP contribution is 2.27. The van der Waals surface area contributed by atoms with Crippen molar-refractivity contribution in [1.82, 2.24) is 14.9 Å². The van der Waals surface area contributed by atoms with Crippen LogP contribution in [0.15, 0.2) is 83.9 Å². The lowest BCUT2D eigenvalue weighted by Crippen LogP contribution is -2.15. The predicted molar refractivity (Wildman–Crippen MR) is 140 cm³/mol. The molecule has 1 atom stereocenters. The molecule has 0 amide bonds. The van der Waals surface area contributed by atoms with Gasteiger partial charge in [0.1, 0.15) is 6.10 Å². The molecule has 2 heterocycles. The van der Waals surface area contributed by atoms with E-state index >= 15 is 0 Å². The Hall–Kier alpha value is -4.16. The molecular weight excluding hydrogens is 438 g/mol. The number of pyridine rings is 2. The van der Waals surface area contributed by atoms with Crippen LogP contribution in [0.1, 0.15) is 34.3 Å². The molecule has 4 aromatic rings. The molecule has 35 heavy (non-hydrogen) atoms. The standard InChI is InChI=1S/C29H29N3O3/c1-19-10-11-23(14-21(19)12-13-30-3)22-7-5-8-24(15-22)32-18-29(35)28(34)17-25(32)16-27(33)26-9-4-6-20(2)31-26/h4-15,17-18,27,30,33,35H,16H2,1-3H3/b13-12-. The topological polar surface area (TPSA) is 87.4 Å². The molecule has 6 nitrogen and oxygen atoms in total. The minimum absolute atomic E-state index is 0.166. The number of benzene rings is 2. The van der Waals surface area contributed by atoms with Gasteiger partial charge >= 0.3 is 0 Å². The first-order chi connectivity index (χ1) is 16.9. The van der Waals surface area contributed by atoms with Gasteiger partial charge in [0.2, 0.25) is 5.43 Å². The summed E-state index contributed by atoms with van der Waals surface area (Å²) in [5.41, 5.74) is 6.51. The number of hydrogen-bond donors (Lipinski definition) is 3. The highest BCUT2D eigenvalue weighted by molar-refractivity contribution is 5.70. The molecular formula is C29H29N3O3. The van der Waals surface area contributed by atoms with Crippen molar-refractivity contribution >= 4 is 6.08 Å². The Morgan fingerprint density at radius 1 is 1.03 bits per heavy atom. The average molecular weight is 468 g/mol. The number of aromatic nitrogens is 2. The van der Waals surface area contributed by atoms with Crippen LogP contribution in [0, 0.1) is 13.8 Å². The number of aromatic hydroxyl groups is 1. The van der Waals surface area contributed by atoms with Crippen LogP contribution >= 0.6 is 0 Å². The van der Waals surface area contributed by atoms with Crippen molar-refractivity contribution < 1.29 is 10.2 Å². The van der Waals surface area contributed by atoms with Gasteiger partial charge in [-0.15, -0.1) is 0 Å². The third-order valence-electron chi connectivity index (χ3n) is 5.93. The van der Waals surface area contributed by atoms with E-state index in [4.69, 9.17) is 0 Å². The molecule has 0 bridgehead atoms. The summed E-state index contributed by atoms with van der Waals surface area (Å²) in [7, 11) is 1.86. The van der Waals surface area contributed by atoms with E-state index in [1.54, 1.807) is 10.6 Å². The van der Waals surface area contributed by atoms with Crippen molar-refractivity contribution in [3.63, 3.8) is 0 Å². The van der Waals surface area contributed by atoms with Gasteiger partial charge in [-0.1, -0.05) is 30.3 Å². The van der Waals surface area contributed by atoms with E-state index in [0.717, 1.165) is 28.1 Å². The van der Waals surface area contributed by atoms with Crippen molar-refractivity contribution in [2.45, 2.75) is 26.4 Å². The fraction of sp³-hybridized carbons (Fsp3) is 0.172. The normalized spacial score (nSPS) is 12.1. The van der Waals surface area contributed by atoms with Crippen LogP contribution in [0.25, 0.3) is 22.9 Å². The first-order valence-corrected chi connectivity index (χ1v) is 11.5. The maximum atomic E-state index is 12.3. The van der Waals surface area contributed by atoms with Gasteiger partial charge in [-0.3, -0.25) is 9.78 Å². The van der Waals surface area contributed by atoms with Gasteiger partial charge < -0.3 is 20.1 Å². The van der Waals surface area contributed by atoms with E-state index in [0.29, 0.717) is 11.4 Å². The highest BCUT2D eigenvalue weighted by atomic mass is 16.3. The second-order valence-electron chi connectivity index (χ2n) is 8.55. The first-order valence-electron chi connectivity index (χ1n) is 11.5. The summed E-state index contributed by atoms with van der Waals surface area (Å²) >= 11 is 0. The summed E-state index contributed by atoms with van der Waals surface area (Å²) in [6.45, 7) is 3.93. The number of aryl methyl sites for hydroxylation is 2. The number of rotatable bonds is 7. The van der Waals surface area contributed by atoms with Crippen LogP contribution in [-0.2, 0) is 6.42 Å². The van der Waals surface area contributed by atoms with E-state index < -0.39 is 11.5 Å². The van der Waals surface area contributed by atoms with Crippen LogP contribution in [0.3, 0.4) is 0 Å². The first kappa shape index (κ1) is 24.0. The van der Waals surface area contributed by atoms with Crippen molar-refractivity contribution in [1.29, 1.82) is 0 Å². The number of nitrogens with zero attached hydrogens (tertiary/aromatic N) is 2. The highest BCUT2D eigenvalue weighted by Gasteiger charge is 2.16. The summed E-state index contributed by atoms with van der Waals surface area (Å²) in [4.78, 5) is 16.7. The Labute approximate surface area is 204 Å². The zero-order valence-electron chi connectivity index (χ0n) is 20.1. The second kappa shape index (κ2) is 10.4. The summed E-state index contributed by atoms with van der Waals surface area (Å²) in [5.74, 6) is -0.350. The Morgan fingerprint density at radius 3 is 2.57 bits per heavy atom. The summed E-state index contributed by atoms with van der Waals surface area (Å²) < 4.78 is 1.75. The lowest BCUT2D eigenvalue weighted by atomic mass is 9.99. The van der Waals surface area contributed by atoms with Crippen LogP contribution < -0.4 is 10.7 Å². The molecule has 0 aliphatic rings. The zero-order valence-corrected chi connectivity index (χ0v) is 20.1. The lowest BCUT2D eigenvalue weighted by molar-refractivity contribution is 0.171. The molecule has 0 saturated carbocycles. The third kappa shape index (κ3) is 5.50. The maximum absolute atomic E-state index is 12.3. The average Bonchev–Trinajstić information content (AvgIpc) is 2.85. The number of nitrogens with one attached hydrogen (secondary N) is 1. The van der Waals surface area contributed by atoms with Crippen LogP contribution in [0.2, 0.25) is 0 Å². The van der Waals surface area contributed by atoms with Gasteiger partial charge in [-0.2, -0.15) is 0 Å². The second-order valence-corrected chi connectivity index (χ2v) is 8.55. The largest absolute Gasteiger partial charge is 0.503 e. The van der Waals surface area contributed by atoms with Gasteiger partial charge in [-0.25, -0.2) is 0 Å². The van der Waals surface area contributed by atoms with Gasteiger partial charge in [-0.05, 0) is 78.7 Å². The smallest absolute Gasteiger partial charge is 0.223 e. The molecule has 6 heteroatoms. The summed E-state index contributed by atoms with van der Waals surface area (Å²) in [6, 6.07) is 21.0. The Morgan fingerprint density at radius 2 is 1.80 bits per heavy atom. The van der Waals surface area contributed by atoms with Gasteiger partial charge in [0.15, 0.2) is 5.75 Å². The molecule has 0 aliphatic carbocycles. The fourth-order valence-corrected chi connectivity index (χ4v) is 4.02. The molecule has 0 aliphatic heterocycles. The summed E-state index contributed by atoms with van der Waals surface area (Å²) in [5, 5.41) is 24.0. The van der Waals surface area contributed by atoms with E-state index in [1.165, 1.54) is 17.8 Å². The molecule has 178 valence electrons. The van der Waals surface area contributed by atoms with Crippen molar-refractivity contribution in [3.8, 4) is 22.6 Å². The number of aliphatic hydroxyl groups is 1. The van der Waals surface area contributed by atoms with Gasteiger partial charge in [0, 0.05) is 36.6 Å². The Bertz CT molecular complexity index is 1440. The summed E-state index contributed by atoms with van der Waals surface area (Å²) in [6.07, 6.45) is 4.60. The minimum Gasteiger partial charge on any atom is -0.503 e. The number of aliphatic hydroxyl groups excluding tert-OH is 1. The molecule has 2 aromatic carbocycles. The van der Waals surface area contributed by atoms with E-state index in [-0.39, 0.29) is 12.2 Å². The molecule has 0 spiro atoms.